The summed E-state index contributed by atoms with van der Waals surface area (Å²) in [7, 11) is 0. The van der Waals surface area contributed by atoms with Crippen molar-refractivity contribution in [2.45, 2.75) is 24.9 Å². The van der Waals surface area contributed by atoms with Gasteiger partial charge in [0.25, 0.3) is 5.91 Å². The molecule has 1 aliphatic rings. The van der Waals surface area contributed by atoms with Crippen LogP contribution in [0.25, 0.3) is 0 Å². The van der Waals surface area contributed by atoms with Crippen LogP contribution in [0.4, 0.5) is 10.1 Å². The van der Waals surface area contributed by atoms with Gasteiger partial charge in [-0.25, -0.2) is 4.39 Å². The third-order valence-electron chi connectivity index (χ3n) is 4.40. The molecule has 2 aromatic carbocycles. The first-order valence-electron chi connectivity index (χ1n) is 8.98. The lowest BCUT2D eigenvalue weighted by Crippen LogP contribution is -2.53. The van der Waals surface area contributed by atoms with Crippen LogP contribution in [-0.4, -0.2) is 37.0 Å². The van der Waals surface area contributed by atoms with Gasteiger partial charge in [-0.2, -0.15) is 0 Å². The maximum absolute atomic E-state index is 13.4. The Morgan fingerprint density at radius 3 is 2.64 bits per heavy atom. The Kier molecular flexibility index (Phi) is 6.84. The van der Waals surface area contributed by atoms with Crippen LogP contribution >= 0.6 is 11.6 Å². The number of rotatable bonds is 6. The number of halogens is 2. The highest BCUT2D eigenvalue weighted by Gasteiger charge is 2.26. The predicted molar refractivity (Wildman–Crippen MR) is 105 cm³/mol. The minimum absolute atomic E-state index is 0.00376. The van der Waals surface area contributed by atoms with Crippen LogP contribution in [0.3, 0.4) is 0 Å². The van der Waals surface area contributed by atoms with Crippen molar-refractivity contribution in [2.75, 3.05) is 18.5 Å². The summed E-state index contributed by atoms with van der Waals surface area (Å²) in [5, 5.41) is 8.86. The largest absolute Gasteiger partial charge is 0.484 e. The molecule has 1 aliphatic heterocycles. The van der Waals surface area contributed by atoms with Gasteiger partial charge in [0, 0.05) is 24.3 Å². The van der Waals surface area contributed by atoms with Crippen LogP contribution in [0, 0.1) is 5.82 Å². The van der Waals surface area contributed by atoms with E-state index in [1.165, 1.54) is 12.1 Å². The van der Waals surface area contributed by atoms with E-state index in [4.69, 9.17) is 16.3 Å². The summed E-state index contributed by atoms with van der Waals surface area (Å²) in [5.41, 5.74) is 0.750. The summed E-state index contributed by atoms with van der Waals surface area (Å²) in [5.74, 6) is -0.772. The summed E-state index contributed by atoms with van der Waals surface area (Å²) >= 11 is 5.61. The molecule has 0 spiro atoms. The molecule has 0 aliphatic carbocycles. The fourth-order valence-corrected chi connectivity index (χ4v) is 3.06. The van der Waals surface area contributed by atoms with Gasteiger partial charge in [-0.3, -0.25) is 9.59 Å². The van der Waals surface area contributed by atoms with Gasteiger partial charge >= 0.3 is 0 Å². The maximum Gasteiger partial charge on any atom is 0.258 e. The Balaban J connectivity index is 1.39. The van der Waals surface area contributed by atoms with E-state index in [-0.39, 0.29) is 41.3 Å². The number of piperidine rings is 1. The second kappa shape index (κ2) is 9.52. The van der Waals surface area contributed by atoms with E-state index >= 15 is 0 Å². The van der Waals surface area contributed by atoms with E-state index in [1.807, 2.05) is 30.3 Å². The van der Waals surface area contributed by atoms with Gasteiger partial charge in [0.05, 0.1) is 11.1 Å². The molecule has 148 valence electrons. The van der Waals surface area contributed by atoms with Crippen LogP contribution in [0.2, 0.25) is 5.02 Å². The highest BCUT2D eigenvalue weighted by Crippen LogP contribution is 2.20. The quantitative estimate of drug-likeness (QED) is 0.690. The number of amides is 2. The summed E-state index contributed by atoms with van der Waals surface area (Å²) in [6.07, 6.45) is 1.27. The smallest absolute Gasteiger partial charge is 0.258 e. The molecule has 0 radical (unpaired) electrons. The Bertz CT molecular complexity index is 827. The summed E-state index contributed by atoms with van der Waals surface area (Å²) in [6, 6.07) is 12.9. The number of carbonyl (C=O) groups is 2. The fraction of sp³-hybridized carbons (Fsp3) is 0.300. The third-order valence-corrected chi connectivity index (χ3v) is 4.70. The molecule has 2 amide bonds. The SMILES string of the molecule is O=C(COc1ccc(Cl)c(F)c1)NC1CCC(C(=O)Nc2ccccc2)NC1. The first-order chi connectivity index (χ1) is 13.5. The van der Waals surface area contributed by atoms with Crippen LogP contribution in [0.5, 0.6) is 5.75 Å². The molecule has 1 heterocycles. The lowest BCUT2D eigenvalue weighted by molar-refractivity contribution is -0.124. The molecule has 8 heteroatoms. The Hall–Kier alpha value is -2.64. The molecule has 1 saturated heterocycles. The van der Waals surface area contributed by atoms with Gasteiger partial charge in [0.1, 0.15) is 11.6 Å². The molecule has 2 aromatic rings. The van der Waals surface area contributed by atoms with Gasteiger partial charge < -0.3 is 20.7 Å². The maximum atomic E-state index is 13.4. The van der Waals surface area contributed by atoms with E-state index in [2.05, 4.69) is 16.0 Å². The highest BCUT2D eigenvalue weighted by molar-refractivity contribution is 6.30. The molecule has 6 nitrogen and oxygen atoms in total. The summed E-state index contributed by atoms with van der Waals surface area (Å²) in [4.78, 5) is 24.3. The van der Waals surface area contributed by atoms with E-state index in [9.17, 15) is 14.0 Å². The Labute approximate surface area is 167 Å². The van der Waals surface area contributed by atoms with Crippen molar-refractivity contribution < 1.29 is 18.7 Å². The normalized spacial score (nSPS) is 18.9. The monoisotopic (exact) mass is 405 g/mol. The van der Waals surface area contributed by atoms with Crippen molar-refractivity contribution in [2.24, 2.45) is 0 Å². The summed E-state index contributed by atoms with van der Waals surface area (Å²) < 4.78 is 18.6. The van der Waals surface area contributed by atoms with E-state index in [0.29, 0.717) is 19.4 Å². The molecule has 1 fully saturated rings. The molecule has 2 atom stereocenters. The van der Waals surface area contributed by atoms with Crippen molar-refractivity contribution in [3.63, 3.8) is 0 Å². The third kappa shape index (κ3) is 5.68. The van der Waals surface area contributed by atoms with Crippen molar-refractivity contribution in [1.82, 2.24) is 10.6 Å². The van der Waals surface area contributed by atoms with Crippen LogP contribution in [0.15, 0.2) is 48.5 Å². The van der Waals surface area contributed by atoms with Crippen molar-refractivity contribution in [3.8, 4) is 5.75 Å². The second-order valence-electron chi connectivity index (χ2n) is 6.52. The lowest BCUT2D eigenvalue weighted by Gasteiger charge is -2.29. The number of carbonyl (C=O) groups excluding carboxylic acids is 2. The van der Waals surface area contributed by atoms with Crippen molar-refractivity contribution in [3.05, 3.63) is 59.4 Å². The average Bonchev–Trinajstić information content (AvgIpc) is 2.70. The summed E-state index contributed by atoms with van der Waals surface area (Å²) in [6.45, 7) is 0.254. The standard InChI is InChI=1S/C20H21ClFN3O3/c21-16-8-7-15(10-17(16)22)28-12-19(26)24-14-6-9-18(23-11-14)20(27)25-13-4-2-1-3-5-13/h1-5,7-8,10,14,18,23H,6,9,11-12H2,(H,24,26)(H,25,27). The Morgan fingerprint density at radius 1 is 1.18 bits per heavy atom. The van der Waals surface area contributed by atoms with E-state index in [0.717, 1.165) is 11.8 Å². The fourth-order valence-electron chi connectivity index (χ4n) is 2.94. The number of hydrogen-bond donors (Lipinski definition) is 3. The molecule has 0 bridgehead atoms. The minimum atomic E-state index is -0.601. The molecule has 3 rings (SSSR count). The van der Waals surface area contributed by atoms with Gasteiger partial charge in [-0.1, -0.05) is 29.8 Å². The van der Waals surface area contributed by atoms with Crippen molar-refractivity contribution in [1.29, 1.82) is 0 Å². The molecular weight excluding hydrogens is 385 g/mol. The number of para-hydroxylation sites is 1. The molecule has 0 aromatic heterocycles. The number of benzene rings is 2. The molecule has 28 heavy (non-hydrogen) atoms. The number of anilines is 1. The predicted octanol–water partition coefficient (Wildman–Crippen LogP) is 2.73. The number of nitrogens with one attached hydrogen (secondary N) is 3. The molecule has 2 unspecified atom stereocenters. The van der Waals surface area contributed by atoms with Gasteiger partial charge in [0.2, 0.25) is 5.91 Å². The zero-order chi connectivity index (χ0) is 19.9. The highest BCUT2D eigenvalue weighted by atomic mass is 35.5. The van der Waals surface area contributed by atoms with E-state index < -0.39 is 5.82 Å². The number of ether oxygens (including phenoxy) is 1. The van der Waals surface area contributed by atoms with Gasteiger partial charge in [-0.15, -0.1) is 0 Å². The van der Waals surface area contributed by atoms with Crippen LogP contribution in [0.1, 0.15) is 12.8 Å². The topological polar surface area (TPSA) is 79.5 Å². The average molecular weight is 406 g/mol. The van der Waals surface area contributed by atoms with Gasteiger partial charge in [-0.05, 0) is 37.1 Å². The van der Waals surface area contributed by atoms with Gasteiger partial charge in [0.15, 0.2) is 6.61 Å². The molecule has 0 saturated carbocycles. The minimum Gasteiger partial charge on any atom is -0.484 e. The Morgan fingerprint density at radius 2 is 1.96 bits per heavy atom. The van der Waals surface area contributed by atoms with Crippen molar-refractivity contribution >= 4 is 29.1 Å². The number of hydrogen-bond acceptors (Lipinski definition) is 4. The first kappa shape index (κ1) is 20.1. The van der Waals surface area contributed by atoms with Crippen LogP contribution < -0.4 is 20.7 Å². The van der Waals surface area contributed by atoms with E-state index in [1.54, 1.807) is 0 Å². The first-order valence-corrected chi connectivity index (χ1v) is 9.35. The lowest BCUT2D eigenvalue weighted by atomic mass is 10.00. The zero-order valence-electron chi connectivity index (χ0n) is 15.1. The molecule has 3 N–H and O–H groups in total. The second-order valence-corrected chi connectivity index (χ2v) is 6.93. The molecular formula is C20H21ClFN3O3. The van der Waals surface area contributed by atoms with Crippen LogP contribution in [-0.2, 0) is 9.59 Å². The zero-order valence-corrected chi connectivity index (χ0v) is 15.8.